The quantitative estimate of drug-likeness (QED) is 0.519. The summed E-state index contributed by atoms with van der Waals surface area (Å²) in [5.41, 5.74) is 1.25. The second-order valence-electron chi connectivity index (χ2n) is 7.98. The molecule has 1 atom stereocenters. The molecule has 1 aromatic carbocycles. The maximum atomic E-state index is 5.52. The van der Waals surface area contributed by atoms with Gasteiger partial charge in [-0.15, -0.1) is 10.2 Å². The minimum Gasteiger partial charge on any atom is -0.338 e. The molecule has 152 valence electrons. The van der Waals surface area contributed by atoms with Crippen LogP contribution in [0.2, 0.25) is 0 Å². The fourth-order valence-corrected chi connectivity index (χ4v) is 4.61. The van der Waals surface area contributed by atoms with Gasteiger partial charge < -0.3 is 9.09 Å². The molecule has 1 saturated heterocycles. The number of hydrogen-bond donors (Lipinski definition) is 0. The van der Waals surface area contributed by atoms with Crippen LogP contribution in [0, 0.1) is 0 Å². The van der Waals surface area contributed by atoms with Gasteiger partial charge in [0.05, 0.1) is 18.3 Å². The molecule has 3 aromatic rings. The number of likely N-dealkylation sites (tertiary alicyclic amines) is 1. The Labute approximate surface area is 174 Å². The molecule has 2 fully saturated rings. The Bertz CT molecular complexity index is 945. The molecule has 2 aromatic heterocycles. The molecule has 2 aliphatic rings. The van der Waals surface area contributed by atoms with Crippen molar-refractivity contribution < 1.29 is 4.52 Å². The number of nitrogens with zero attached hydrogens (tertiary/aromatic N) is 6. The summed E-state index contributed by atoms with van der Waals surface area (Å²) < 4.78 is 7.77. The van der Waals surface area contributed by atoms with E-state index in [1.165, 1.54) is 31.2 Å². The molecular formula is C21H26N6OS. The molecule has 5 rings (SSSR count). The molecule has 1 aliphatic carbocycles. The minimum absolute atomic E-state index is 0.0355. The van der Waals surface area contributed by atoms with E-state index < -0.39 is 0 Å². The lowest BCUT2D eigenvalue weighted by atomic mass is 10.2. The standard InChI is InChI=1S/C21H26N6OS/c1-15(20-22-19(25-28-20)17-9-10-17)29-21-24-23-18(14-26-11-5-6-12-26)27(21)13-16-7-3-2-4-8-16/h2-4,7-8,15,17H,5-6,9-14H2,1H3. The Morgan fingerprint density at radius 3 is 2.66 bits per heavy atom. The van der Waals surface area contributed by atoms with Gasteiger partial charge >= 0.3 is 0 Å². The van der Waals surface area contributed by atoms with Gasteiger partial charge in [0.15, 0.2) is 11.0 Å². The Kier molecular flexibility index (Phi) is 5.37. The zero-order valence-electron chi connectivity index (χ0n) is 16.7. The van der Waals surface area contributed by atoms with Gasteiger partial charge in [-0.25, -0.2) is 0 Å². The SMILES string of the molecule is CC(Sc1nnc(CN2CCCC2)n1Cc1ccccc1)c1nc(C2CC2)no1. The lowest BCUT2D eigenvalue weighted by Crippen LogP contribution is -2.21. The lowest BCUT2D eigenvalue weighted by Gasteiger charge is -2.16. The molecule has 29 heavy (non-hydrogen) atoms. The predicted molar refractivity (Wildman–Crippen MR) is 111 cm³/mol. The van der Waals surface area contributed by atoms with Crippen LogP contribution in [0.1, 0.15) is 66.9 Å². The van der Waals surface area contributed by atoms with Gasteiger partial charge in [0, 0.05) is 5.92 Å². The Morgan fingerprint density at radius 2 is 1.90 bits per heavy atom. The van der Waals surface area contributed by atoms with E-state index in [9.17, 15) is 0 Å². The average molecular weight is 411 g/mol. The van der Waals surface area contributed by atoms with E-state index in [-0.39, 0.29) is 5.25 Å². The number of hydrogen-bond acceptors (Lipinski definition) is 7. The molecule has 1 unspecified atom stereocenters. The summed E-state index contributed by atoms with van der Waals surface area (Å²) in [6.45, 7) is 5.99. The summed E-state index contributed by atoms with van der Waals surface area (Å²) >= 11 is 1.64. The van der Waals surface area contributed by atoms with Crippen molar-refractivity contribution in [3.63, 3.8) is 0 Å². The summed E-state index contributed by atoms with van der Waals surface area (Å²) in [6.07, 6.45) is 4.88. The van der Waals surface area contributed by atoms with Crippen LogP contribution in [-0.4, -0.2) is 42.9 Å². The van der Waals surface area contributed by atoms with Gasteiger partial charge in [-0.05, 0) is 51.3 Å². The van der Waals surface area contributed by atoms with Crippen LogP contribution in [0.3, 0.4) is 0 Å². The Balaban J connectivity index is 1.37. The predicted octanol–water partition coefficient (Wildman–Crippen LogP) is 4.04. The highest BCUT2D eigenvalue weighted by Crippen LogP contribution is 2.40. The van der Waals surface area contributed by atoms with Gasteiger partial charge in [-0.1, -0.05) is 47.3 Å². The second-order valence-corrected chi connectivity index (χ2v) is 9.29. The molecule has 1 saturated carbocycles. The van der Waals surface area contributed by atoms with Crippen molar-refractivity contribution in [2.24, 2.45) is 0 Å². The number of aromatic nitrogens is 5. The monoisotopic (exact) mass is 410 g/mol. The molecule has 0 radical (unpaired) electrons. The van der Waals surface area contributed by atoms with Crippen molar-refractivity contribution in [2.75, 3.05) is 13.1 Å². The summed E-state index contributed by atoms with van der Waals surface area (Å²) in [5.74, 6) is 3.05. The molecule has 0 N–H and O–H groups in total. The van der Waals surface area contributed by atoms with Gasteiger partial charge in [0.2, 0.25) is 5.89 Å². The van der Waals surface area contributed by atoms with Gasteiger partial charge in [0.1, 0.15) is 5.82 Å². The molecule has 3 heterocycles. The van der Waals surface area contributed by atoms with Crippen molar-refractivity contribution in [1.82, 2.24) is 29.8 Å². The summed E-state index contributed by atoms with van der Waals surface area (Å²) in [6, 6.07) is 10.5. The van der Waals surface area contributed by atoms with Gasteiger partial charge in [0.25, 0.3) is 0 Å². The molecule has 1 aliphatic heterocycles. The Morgan fingerprint density at radius 1 is 1.10 bits per heavy atom. The number of thioether (sulfide) groups is 1. The molecule has 8 heteroatoms. The van der Waals surface area contributed by atoms with E-state index in [4.69, 9.17) is 4.52 Å². The zero-order chi connectivity index (χ0) is 19.6. The summed E-state index contributed by atoms with van der Waals surface area (Å²) in [5, 5.41) is 14.2. The van der Waals surface area contributed by atoms with E-state index in [0.29, 0.717) is 11.8 Å². The zero-order valence-corrected chi connectivity index (χ0v) is 17.5. The van der Waals surface area contributed by atoms with Crippen LogP contribution < -0.4 is 0 Å². The van der Waals surface area contributed by atoms with E-state index in [2.05, 4.69) is 61.0 Å². The van der Waals surface area contributed by atoms with E-state index in [0.717, 1.165) is 43.0 Å². The molecular weight excluding hydrogens is 384 g/mol. The van der Waals surface area contributed by atoms with Crippen molar-refractivity contribution in [1.29, 1.82) is 0 Å². The smallest absolute Gasteiger partial charge is 0.239 e. The third-order valence-corrected chi connectivity index (χ3v) is 6.64. The van der Waals surface area contributed by atoms with Crippen LogP contribution in [0.25, 0.3) is 0 Å². The van der Waals surface area contributed by atoms with Crippen LogP contribution in [0.15, 0.2) is 40.0 Å². The fraction of sp³-hybridized carbons (Fsp3) is 0.524. The third kappa shape index (κ3) is 4.38. The first-order valence-electron chi connectivity index (χ1n) is 10.4. The first kappa shape index (κ1) is 18.8. The van der Waals surface area contributed by atoms with Crippen molar-refractivity contribution in [3.05, 3.63) is 53.4 Å². The van der Waals surface area contributed by atoms with Gasteiger partial charge in [-0.3, -0.25) is 4.90 Å². The average Bonchev–Trinajstić information content (AvgIpc) is 3.12. The van der Waals surface area contributed by atoms with E-state index in [1.807, 2.05) is 6.07 Å². The van der Waals surface area contributed by atoms with E-state index >= 15 is 0 Å². The highest BCUT2D eigenvalue weighted by Gasteiger charge is 2.30. The van der Waals surface area contributed by atoms with Gasteiger partial charge in [-0.2, -0.15) is 4.98 Å². The van der Waals surface area contributed by atoms with Crippen LogP contribution in [0.4, 0.5) is 0 Å². The summed E-state index contributed by atoms with van der Waals surface area (Å²) in [4.78, 5) is 7.07. The highest BCUT2D eigenvalue weighted by atomic mass is 32.2. The maximum absolute atomic E-state index is 5.52. The topological polar surface area (TPSA) is 72.9 Å². The lowest BCUT2D eigenvalue weighted by molar-refractivity contribution is 0.316. The first-order chi connectivity index (χ1) is 14.3. The van der Waals surface area contributed by atoms with Crippen LogP contribution in [-0.2, 0) is 13.1 Å². The van der Waals surface area contributed by atoms with Crippen LogP contribution >= 0.6 is 11.8 Å². The van der Waals surface area contributed by atoms with Crippen molar-refractivity contribution >= 4 is 11.8 Å². The Hall–Kier alpha value is -2.19. The number of benzene rings is 1. The molecule has 0 spiro atoms. The minimum atomic E-state index is 0.0355. The summed E-state index contributed by atoms with van der Waals surface area (Å²) in [7, 11) is 0. The van der Waals surface area contributed by atoms with E-state index in [1.54, 1.807) is 11.8 Å². The maximum Gasteiger partial charge on any atom is 0.239 e. The first-order valence-corrected chi connectivity index (χ1v) is 11.3. The third-order valence-electron chi connectivity index (χ3n) is 5.57. The molecule has 0 amide bonds. The fourth-order valence-electron chi connectivity index (χ4n) is 3.72. The molecule has 0 bridgehead atoms. The molecule has 7 nitrogen and oxygen atoms in total. The number of rotatable bonds is 8. The largest absolute Gasteiger partial charge is 0.338 e. The highest BCUT2D eigenvalue weighted by molar-refractivity contribution is 7.99. The second kappa shape index (κ2) is 8.28. The normalized spacial score (nSPS) is 18.4. The van der Waals surface area contributed by atoms with Crippen molar-refractivity contribution in [3.8, 4) is 0 Å². The van der Waals surface area contributed by atoms with Crippen molar-refractivity contribution in [2.45, 2.75) is 62.0 Å². The van der Waals surface area contributed by atoms with Crippen LogP contribution in [0.5, 0.6) is 0 Å².